The lowest BCUT2D eigenvalue weighted by atomic mass is 10.1. The zero-order valence-corrected chi connectivity index (χ0v) is 11.4. The fraction of sp³-hybridized carbons (Fsp3) is 0.429. The van der Waals surface area contributed by atoms with Crippen LogP contribution in [0.4, 0.5) is 5.82 Å². The molecular formula is C14H15N3O4. The van der Waals surface area contributed by atoms with Crippen LogP contribution in [0.2, 0.25) is 0 Å². The topological polar surface area (TPSA) is 79.8 Å². The highest BCUT2D eigenvalue weighted by molar-refractivity contribution is 6.01. The van der Waals surface area contributed by atoms with Gasteiger partial charge >= 0.3 is 0 Å². The van der Waals surface area contributed by atoms with Crippen molar-refractivity contribution in [2.24, 2.45) is 0 Å². The lowest BCUT2D eigenvalue weighted by Crippen LogP contribution is -2.48. The first kappa shape index (κ1) is 13.5. The molecule has 110 valence electrons. The van der Waals surface area contributed by atoms with Gasteiger partial charge in [-0.2, -0.15) is 0 Å². The second kappa shape index (κ2) is 5.51. The molecule has 2 aliphatic heterocycles. The van der Waals surface area contributed by atoms with Crippen molar-refractivity contribution in [3.8, 4) is 5.75 Å². The first-order chi connectivity index (χ1) is 10.1. The number of hydrogen-bond donors (Lipinski definition) is 0. The number of ketones is 1. The lowest BCUT2D eigenvalue weighted by molar-refractivity contribution is -0.135. The number of nitrogens with zero attached hydrogens (tertiary/aromatic N) is 3. The number of piperidine rings is 1. The summed E-state index contributed by atoms with van der Waals surface area (Å²) >= 11 is 0. The molecule has 0 N–H and O–H groups in total. The molecule has 0 spiro atoms. The molecule has 1 saturated heterocycles. The van der Waals surface area contributed by atoms with Crippen LogP contribution < -0.4 is 9.64 Å². The van der Waals surface area contributed by atoms with E-state index in [-0.39, 0.29) is 30.7 Å². The van der Waals surface area contributed by atoms with Crippen LogP contribution in [-0.2, 0) is 14.4 Å². The van der Waals surface area contributed by atoms with Crippen molar-refractivity contribution in [3.63, 3.8) is 0 Å². The number of ether oxygens (including phenoxy) is 1. The van der Waals surface area contributed by atoms with E-state index in [1.54, 1.807) is 23.2 Å². The highest BCUT2D eigenvalue weighted by Gasteiger charge is 2.30. The number of pyridine rings is 1. The number of aromatic nitrogens is 1. The van der Waals surface area contributed by atoms with Crippen LogP contribution in [0, 0.1) is 0 Å². The maximum absolute atomic E-state index is 12.3. The van der Waals surface area contributed by atoms with Crippen molar-refractivity contribution in [2.45, 2.75) is 12.8 Å². The van der Waals surface area contributed by atoms with E-state index >= 15 is 0 Å². The molecule has 7 heteroatoms. The average Bonchev–Trinajstić information content (AvgIpc) is 2.51. The number of anilines is 1. The second-order valence-corrected chi connectivity index (χ2v) is 5.01. The predicted molar refractivity (Wildman–Crippen MR) is 72.9 cm³/mol. The van der Waals surface area contributed by atoms with E-state index < -0.39 is 0 Å². The Hall–Kier alpha value is -2.44. The van der Waals surface area contributed by atoms with E-state index in [0.29, 0.717) is 37.5 Å². The molecule has 0 atom stereocenters. The van der Waals surface area contributed by atoms with Crippen molar-refractivity contribution in [2.75, 3.05) is 31.1 Å². The summed E-state index contributed by atoms with van der Waals surface area (Å²) in [5.74, 6) is 0.583. The molecule has 3 heterocycles. The summed E-state index contributed by atoms with van der Waals surface area (Å²) in [6.07, 6.45) is 2.33. The van der Waals surface area contributed by atoms with Gasteiger partial charge in [0.25, 0.3) is 5.91 Å². The third-order valence-electron chi connectivity index (χ3n) is 3.63. The Morgan fingerprint density at radius 2 is 2.05 bits per heavy atom. The van der Waals surface area contributed by atoms with E-state index in [4.69, 9.17) is 4.74 Å². The van der Waals surface area contributed by atoms with Crippen molar-refractivity contribution in [3.05, 3.63) is 18.3 Å². The van der Waals surface area contributed by atoms with Crippen LogP contribution in [0.1, 0.15) is 12.8 Å². The summed E-state index contributed by atoms with van der Waals surface area (Å²) < 4.78 is 5.28. The van der Waals surface area contributed by atoms with E-state index in [9.17, 15) is 14.4 Å². The number of rotatable bonds is 2. The van der Waals surface area contributed by atoms with Gasteiger partial charge in [0.1, 0.15) is 12.3 Å². The third kappa shape index (κ3) is 2.72. The minimum absolute atomic E-state index is 0.0691. The van der Waals surface area contributed by atoms with Crippen LogP contribution in [-0.4, -0.2) is 53.7 Å². The molecule has 0 unspecified atom stereocenters. The van der Waals surface area contributed by atoms with Crippen LogP contribution >= 0.6 is 0 Å². The number of likely N-dealkylation sites (tertiary alicyclic amines) is 1. The summed E-state index contributed by atoms with van der Waals surface area (Å²) in [5.41, 5.74) is 0. The largest absolute Gasteiger partial charge is 0.480 e. The Morgan fingerprint density at radius 1 is 1.29 bits per heavy atom. The van der Waals surface area contributed by atoms with Crippen molar-refractivity contribution < 1.29 is 19.1 Å². The zero-order chi connectivity index (χ0) is 14.8. The first-order valence-electron chi connectivity index (χ1n) is 6.83. The Balaban J connectivity index is 1.73. The quantitative estimate of drug-likeness (QED) is 0.765. The fourth-order valence-electron chi connectivity index (χ4n) is 2.44. The molecule has 21 heavy (non-hydrogen) atoms. The molecule has 0 radical (unpaired) electrons. The Kier molecular flexibility index (Phi) is 3.55. The monoisotopic (exact) mass is 289 g/mol. The Morgan fingerprint density at radius 3 is 2.81 bits per heavy atom. The fourth-order valence-corrected chi connectivity index (χ4v) is 2.44. The summed E-state index contributed by atoms with van der Waals surface area (Å²) in [7, 11) is 0. The molecule has 0 saturated carbocycles. The standard InChI is InChI=1S/C14H15N3O4/c18-10-3-6-16(7-4-10)12(19)8-17-13(20)9-21-11-2-1-5-15-14(11)17/h1-2,5H,3-4,6-9H2. The van der Waals surface area contributed by atoms with Gasteiger partial charge in [-0.1, -0.05) is 0 Å². The minimum Gasteiger partial charge on any atom is -0.480 e. The van der Waals surface area contributed by atoms with Crippen LogP contribution in [0.5, 0.6) is 5.75 Å². The maximum atomic E-state index is 12.3. The number of fused-ring (bicyclic) bond motifs is 1. The predicted octanol–water partition coefficient (Wildman–Crippen LogP) is -0.00150. The third-order valence-corrected chi connectivity index (χ3v) is 3.63. The number of hydrogen-bond acceptors (Lipinski definition) is 5. The van der Waals surface area contributed by atoms with Crippen molar-refractivity contribution >= 4 is 23.4 Å². The smallest absolute Gasteiger partial charge is 0.266 e. The molecule has 1 aromatic rings. The number of carbonyl (C=O) groups is 3. The average molecular weight is 289 g/mol. The van der Waals surface area contributed by atoms with Crippen LogP contribution in [0.3, 0.4) is 0 Å². The van der Waals surface area contributed by atoms with E-state index in [1.165, 1.54) is 4.90 Å². The number of Topliss-reactive ketones (excluding diaryl/α,β-unsaturated/α-hetero) is 1. The molecule has 7 nitrogen and oxygen atoms in total. The van der Waals surface area contributed by atoms with Crippen molar-refractivity contribution in [1.82, 2.24) is 9.88 Å². The molecule has 2 amide bonds. The lowest BCUT2D eigenvalue weighted by Gasteiger charge is -2.31. The maximum Gasteiger partial charge on any atom is 0.266 e. The minimum atomic E-state index is -0.289. The van der Waals surface area contributed by atoms with Gasteiger partial charge in [-0.15, -0.1) is 0 Å². The summed E-state index contributed by atoms with van der Waals surface area (Å²) in [6.45, 7) is 0.682. The van der Waals surface area contributed by atoms with Gasteiger partial charge in [-0.3, -0.25) is 19.3 Å². The van der Waals surface area contributed by atoms with Gasteiger partial charge in [-0.25, -0.2) is 4.98 Å². The van der Waals surface area contributed by atoms with Gasteiger partial charge < -0.3 is 9.64 Å². The van der Waals surface area contributed by atoms with Gasteiger partial charge in [0.15, 0.2) is 18.2 Å². The number of amides is 2. The molecule has 1 aromatic heterocycles. The zero-order valence-electron chi connectivity index (χ0n) is 11.4. The molecule has 0 aromatic carbocycles. The van der Waals surface area contributed by atoms with E-state index in [1.807, 2.05) is 0 Å². The van der Waals surface area contributed by atoms with Crippen LogP contribution in [0.15, 0.2) is 18.3 Å². The van der Waals surface area contributed by atoms with Gasteiger partial charge in [0, 0.05) is 32.1 Å². The van der Waals surface area contributed by atoms with Crippen LogP contribution in [0.25, 0.3) is 0 Å². The Bertz CT molecular complexity index is 592. The summed E-state index contributed by atoms with van der Waals surface area (Å²) in [6, 6.07) is 3.43. The molecule has 3 rings (SSSR count). The SMILES string of the molecule is O=C1CCN(C(=O)CN2C(=O)COc3cccnc32)CC1. The van der Waals surface area contributed by atoms with E-state index in [2.05, 4.69) is 4.98 Å². The first-order valence-corrected chi connectivity index (χ1v) is 6.83. The molecule has 2 aliphatic rings. The van der Waals surface area contributed by atoms with Gasteiger partial charge in [0.05, 0.1) is 0 Å². The second-order valence-electron chi connectivity index (χ2n) is 5.01. The highest BCUT2D eigenvalue weighted by atomic mass is 16.5. The van der Waals surface area contributed by atoms with Gasteiger partial charge in [-0.05, 0) is 12.1 Å². The molecular weight excluding hydrogens is 274 g/mol. The molecule has 0 bridgehead atoms. The summed E-state index contributed by atoms with van der Waals surface area (Å²) in [4.78, 5) is 42.5. The normalized spacial score (nSPS) is 18.3. The Labute approximate surface area is 121 Å². The molecule has 1 fully saturated rings. The van der Waals surface area contributed by atoms with Crippen molar-refractivity contribution in [1.29, 1.82) is 0 Å². The van der Waals surface area contributed by atoms with E-state index in [0.717, 1.165) is 0 Å². The summed E-state index contributed by atoms with van der Waals surface area (Å²) in [5, 5.41) is 0. The number of carbonyl (C=O) groups excluding carboxylic acids is 3. The molecule has 0 aliphatic carbocycles. The van der Waals surface area contributed by atoms with Gasteiger partial charge in [0.2, 0.25) is 5.91 Å². The highest BCUT2D eigenvalue weighted by Crippen LogP contribution is 2.28.